The van der Waals surface area contributed by atoms with Crippen LogP contribution in [0.1, 0.15) is 32.8 Å². The van der Waals surface area contributed by atoms with E-state index in [4.69, 9.17) is 4.74 Å². The molecule has 2 rings (SSSR count). The van der Waals surface area contributed by atoms with Crippen molar-refractivity contribution < 1.29 is 13.9 Å². The van der Waals surface area contributed by atoms with E-state index in [-0.39, 0.29) is 11.8 Å². The van der Waals surface area contributed by atoms with Gasteiger partial charge in [-0.25, -0.2) is 4.39 Å². The molecule has 0 saturated carbocycles. The summed E-state index contributed by atoms with van der Waals surface area (Å²) in [6.07, 6.45) is 0.674. The molecule has 1 heterocycles. The fourth-order valence-corrected chi connectivity index (χ4v) is 2.38. The van der Waals surface area contributed by atoms with Crippen molar-refractivity contribution in [3.8, 4) is 0 Å². The third-order valence-electron chi connectivity index (χ3n) is 3.34. The topological polar surface area (TPSA) is 38.3 Å². The van der Waals surface area contributed by atoms with E-state index in [1.807, 2.05) is 20.8 Å². The molecule has 0 spiro atoms. The number of benzene rings is 1. The first kappa shape index (κ1) is 14.0. The van der Waals surface area contributed by atoms with Crippen LogP contribution in [0.3, 0.4) is 0 Å². The molecule has 19 heavy (non-hydrogen) atoms. The van der Waals surface area contributed by atoms with Gasteiger partial charge in [0.2, 0.25) is 0 Å². The summed E-state index contributed by atoms with van der Waals surface area (Å²) in [7, 11) is 0. The lowest BCUT2D eigenvalue weighted by atomic mass is 9.79. The second-order valence-corrected chi connectivity index (χ2v) is 6.02. The fourth-order valence-electron chi connectivity index (χ4n) is 2.38. The van der Waals surface area contributed by atoms with Crippen molar-refractivity contribution in [3.63, 3.8) is 0 Å². The van der Waals surface area contributed by atoms with Crippen LogP contribution in [0, 0.1) is 5.82 Å². The molecular formula is C15H20FNO2. The highest BCUT2D eigenvalue weighted by atomic mass is 19.1. The van der Waals surface area contributed by atoms with Crippen molar-refractivity contribution in [2.24, 2.45) is 0 Å². The van der Waals surface area contributed by atoms with Crippen LogP contribution < -0.4 is 5.32 Å². The van der Waals surface area contributed by atoms with Crippen molar-refractivity contribution >= 4 is 5.97 Å². The Bertz CT molecular complexity index is 456. The molecule has 1 atom stereocenters. The van der Waals surface area contributed by atoms with E-state index in [1.165, 1.54) is 12.1 Å². The van der Waals surface area contributed by atoms with E-state index in [2.05, 4.69) is 5.32 Å². The van der Waals surface area contributed by atoms with Gasteiger partial charge in [0.1, 0.15) is 16.8 Å². The third-order valence-corrected chi connectivity index (χ3v) is 3.34. The Balaban J connectivity index is 2.33. The predicted octanol–water partition coefficient (Wildman–Crippen LogP) is 2.40. The van der Waals surface area contributed by atoms with Crippen LogP contribution in [-0.4, -0.2) is 24.7 Å². The second kappa shape index (κ2) is 4.93. The van der Waals surface area contributed by atoms with Gasteiger partial charge in [-0.15, -0.1) is 0 Å². The van der Waals surface area contributed by atoms with Gasteiger partial charge in [-0.05, 0) is 51.4 Å². The lowest BCUT2D eigenvalue weighted by Gasteiger charge is -2.31. The van der Waals surface area contributed by atoms with Crippen LogP contribution in [0.15, 0.2) is 24.3 Å². The van der Waals surface area contributed by atoms with Gasteiger partial charge in [0.15, 0.2) is 0 Å². The summed E-state index contributed by atoms with van der Waals surface area (Å²) in [5, 5.41) is 3.20. The number of hydrogen-bond donors (Lipinski definition) is 1. The molecular weight excluding hydrogens is 245 g/mol. The van der Waals surface area contributed by atoms with Crippen LogP contribution in [-0.2, 0) is 14.9 Å². The molecule has 0 aliphatic carbocycles. The van der Waals surface area contributed by atoms with Gasteiger partial charge in [-0.3, -0.25) is 4.79 Å². The lowest BCUT2D eigenvalue weighted by molar-refractivity contribution is -0.161. The van der Waals surface area contributed by atoms with Crippen LogP contribution in [0.5, 0.6) is 0 Å². The van der Waals surface area contributed by atoms with E-state index in [9.17, 15) is 9.18 Å². The second-order valence-electron chi connectivity index (χ2n) is 6.02. The highest BCUT2D eigenvalue weighted by Gasteiger charge is 2.45. The number of carbonyl (C=O) groups excluding carboxylic acids is 1. The van der Waals surface area contributed by atoms with Gasteiger partial charge in [-0.1, -0.05) is 12.1 Å². The molecule has 4 heteroatoms. The largest absolute Gasteiger partial charge is 0.459 e. The molecule has 1 aromatic rings. The minimum absolute atomic E-state index is 0.239. The van der Waals surface area contributed by atoms with Gasteiger partial charge in [0.25, 0.3) is 0 Å². The Morgan fingerprint density at radius 2 is 1.95 bits per heavy atom. The van der Waals surface area contributed by atoms with E-state index < -0.39 is 11.0 Å². The first-order chi connectivity index (χ1) is 8.83. The number of nitrogens with one attached hydrogen (secondary N) is 1. The van der Waals surface area contributed by atoms with Crippen molar-refractivity contribution in [1.29, 1.82) is 0 Å². The third kappa shape index (κ3) is 2.95. The number of carbonyl (C=O) groups is 1. The normalized spacial score (nSPS) is 23.4. The van der Waals surface area contributed by atoms with E-state index >= 15 is 0 Å². The van der Waals surface area contributed by atoms with Crippen molar-refractivity contribution in [1.82, 2.24) is 5.32 Å². The maximum absolute atomic E-state index is 13.0. The Hall–Kier alpha value is -1.42. The van der Waals surface area contributed by atoms with E-state index in [0.717, 1.165) is 12.1 Å². The van der Waals surface area contributed by atoms with Crippen molar-refractivity contribution in [3.05, 3.63) is 35.6 Å². The molecule has 0 aromatic heterocycles. The monoisotopic (exact) mass is 265 g/mol. The molecule has 104 valence electrons. The van der Waals surface area contributed by atoms with Crippen LogP contribution in [0.2, 0.25) is 0 Å². The lowest BCUT2D eigenvalue weighted by Crippen LogP contribution is -2.42. The molecule has 1 aliphatic rings. The Labute approximate surface area is 113 Å². The highest BCUT2D eigenvalue weighted by molar-refractivity contribution is 5.84. The Kier molecular flexibility index (Phi) is 3.63. The fraction of sp³-hybridized carbons (Fsp3) is 0.533. The van der Waals surface area contributed by atoms with Crippen molar-refractivity contribution in [2.75, 3.05) is 13.1 Å². The smallest absolute Gasteiger partial charge is 0.318 e. The molecule has 1 N–H and O–H groups in total. The molecule has 0 amide bonds. The maximum atomic E-state index is 13.0. The molecule has 0 radical (unpaired) electrons. The molecule has 3 nitrogen and oxygen atoms in total. The number of esters is 1. The molecule has 1 saturated heterocycles. The molecule has 1 fully saturated rings. The molecule has 1 unspecified atom stereocenters. The predicted molar refractivity (Wildman–Crippen MR) is 71.4 cm³/mol. The number of hydrogen-bond acceptors (Lipinski definition) is 3. The highest BCUT2D eigenvalue weighted by Crippen LogP contribution is 2.33. The van der Waals surface area contributed by atoms with Gasteiger partial charge in [0.05, 0.1) is 0 Å². The van der Waals surface area contributed by atoms with E-state index in [0.29, 0.717) is 13.0 Å². The van der Waals surface area contributed by atoms with Crippen LogP contribution in [0.4, 0.5) is 4.39 Å². The zero-order valence-corrected chi connectivity index (χ0v) is 11.6. The first-order valence-electron chi connectivity index (χ1n) is 6.54. The van der Waals surface area contributed by atoms with E-state index in [1.54, 1.807) is 12.1 Å². The molecule has 0 bridgehead atoms. The SMILES string of the molecule is CC(C)(C)OC(=O)C1(c2ccc(F)cc2)CCNC1. The van der Waals surface area contributed by atoms with Crippen LogP contribution >= 0.6 is 0 Å². The van der Waals surface area contributed by atoms with Gasteiger partial charge in [0, 0.05) is 6.54 Å². The minimum Gasteiger partial charge on any atom is -0.459 e. The quantitative estimate of drug-likeness (QED) is 0.834. The average molecular weight is 265 g/mol. The summed E-state index contributed by atoms with van der Waals surface area (Å²) in [4.78, 5) is 12.5. The van der Waals surface area contributed by atoms with Gasteiger partial charge in [-0.2, -0.15) is 0 Å². The zero-order chi connectivity index (χ0) is 14.1. The average Bonchev–Trinajstić information content (AvgIpc) is 2.78. The van der Waals surface area contributed by atoms with Gasteiger partial charge >= 0.3 is 5.97 Å². The summed E-state index contributed by atoms with van der Waals surface area (Å²) < 4.78 is 18.6. The maximum Gasteiger partial charge on any atom is 0.318 e. The summed E-state index contributed by atoms with van der Waals surface area (Å²) in [5.41, 5.74) is -0.401. The molecule has 1 aromatic carbocycles. The minimum atomic E-state index is -0.693. The molecule has 1 aliphatic heterocycles. The number of ether oxygens (including phenoxy) is 1. The first-order valence-corrected chi connectivity index (χ1v) is 6.54. The Morgan fingerprint density at radius 3 is 2.42 bits per heavy atom. The Morgan fingerprint density at radius 1 is 1.32 bits per heavy atom. The van der Waals surface area contributed by atoms with Gasteiger partial charge < -0.3 is 10.1 Å². The summed E-state index contributed by atoms with van der Waals surface area (Å²) in [6.45, 7) is 6.85. The summed E-state index contributed by atoms with van der Waals surface area (Å²) in [5.74, 6) is -0.536. The summed E-state index contributed by atoms with van der Waals surface area (Å²) in [6, 6.07) is 6.12. The zero-order valence-electron chi connectivity index (χ0n) is 11.6. The standard InChI is InChI=1S/C15H20FNO2/c1-14(2,3)19-13(18)15(8-9-17-10-15)11-4-6-12(16)7-5-11/h4-7,17H,8-10H2,1-3H3. The number of rotatable bonds is 2. The van der Waals surface area contributed by atoms with Crippen LogP contribution in [0.25, 0.3) is 0 Å². The van der Waals surface area contributed by atoms with Crippen molar-refractivity contribution in [2.45, 2.75) is 38.2 Å². The number of halogens is 1. The summed E-state index contributed by atoms with van der Waals surface area (Å²) >= 11 is 0.